The van der Waals surface area contributed by atoms with Crippen molar-refractivity contribution in [2.45, 2.75) is 30.4 Å². The lowest BCUT2D eigenvalue weighted by atomic mass is 10.1. The molecule has 0 aliphatic rings. The van der Waals surface area contributed by atoms with E-state index in [-0.39, 0.29) is 0 Å². The van der Waals surface area contributed by atoms with Crippen LogP contribution in [0.4, 0.5) is 0 Å². The van der Waals surface area contributed by atoms with Gasteiger partial charge >= 0.3 is 0 Å². The van der Waals surface area contributed by atoms with Gasteiger partial charge in [-0.25, -0.2) is 9.97 Å². The molecule has 5 heteroatoms. The highest BCUT2D eigenvalue weighted by atomic mass is 79.9. The zero-order chi connectivity index (χ0) is 13.8. The second-order valence-electron chi connectivity index (χ2n) is 4.43. The normalized spacial score (nSPS) is 11.0. The summed E-state index contributed by atoms with van der Waals surface area (Å²) in [7, 11) is 0. The fourth-order valence-electron chi connectivity index (χ4n) is 1.52. The maximum Gasteiger partial charge on any atom is 0.140 e. The van der Waals surface area contributed by atoms with Gasteiger partial charge in [0.05, 0.1) is 5.75 Å². The average molecular weight is 358 g/mol. The number of hydrogen-bond acceptors (Lipinski definition) is 3. The Morgan fingerprint density at radius 2 is 1.89 bits per heavy atom. The maximum absolute atomic E-state index is 6.03. The van der Waals surface area contributed by atoms with Gasteiger partial charge in [0.15, 0.2) is 0 Å². The molecule has 0 amide bonds. The van der Waals surface area contributed by atoms with E-state index in [1.54, 1.807) is 11.8 Å². The van der Waals surface area contributed by atoms with Gasteiger partial charge in [-0.05, 0) is 36.2 Å². The molecule has 0 atom stereocenters. The molecule has 0 unspecified atom stereocenters. The Morgan fingerprint density at radius 3 is 2.53 bits per heavy atom. The van der Waals surface area contributed by atoms with Crippen LogP contribution in [0.5, 0.6) is 0 Å². The van der Waals surface area contributed by atoms with E-state index in [0.29, 0.717) is 11.1 Å². The van der Waals surface area contributed by atoms with Crippen molar-refractivity contribution in [3.63, 3.8) is 0 Å². The monoisotopic (exact) mass is 356 g/mol. The minimum absolute atomic E-state index is 0.358. The van der Waals surface area contributed by atoms with Crippen molar-refractivity contribution in [2.24, 2.45) is 0 Å². The molecule has 0 radical (unpaired) electrons. The van der Waals surface area contributed by atoms with Crippen molar-refractivity contribution >= 4 is 39.3 Å². The van der Waals surface area contributed by atoms with E-state index < -0.39 is 0 Å². The molecule has 0 bridgehead atoms. The third-order valence-electron chi connectivity index (χ3n) is 2.53. The first-order chi connectivity index (χ1) is 9.04. The van der Waals surface area contributed by atoms with Crippen molar-refractivity contribution in [3.8, 4) is 0 Å². The summed E-state index contributed by atoms with van der Waals surface area (Å²) >= 11 is 11.2. The predicted octanol–water partition coefficient (Wildman–Crippen LogP) is 5.31. The second-order valence-corrected chi connectivity index (χ2v) is 6.78. The van der Waals surface area contributed by atoms with Crippen LogP contribution in [0.25, 0.3) is 0 Å². The van der Waals surface area contributed by atoms with E-state index in [1.807, 2.05) is 18.2 Å². The van der Waals surface area contributed by atoms with E-state index in [2.05, 4.69) is 51.9 Å². The Hall–Kier alpha value is -0.580. The number of rotatable bonds is 4. The quantitative estimate of drug-likeness (QED) is 0.548. The van der Waals surface area contributed by atoms with E-state index >= 15 is 0 Å². The molecule has 100 valence electrons. The summed E-state index contributed by atoms with van der Waals surface area (Å²) in [5.41, 5.74) is 0.992. The van der Waals surface area contributed by atoms with Crippen LogP contribution < -0.4 is 0 Å². The van der Waals surface area contributed by atoms with Crippen molar-refractivity contribution in [3.05, 3.63) is 51.5 Å². The number of benzene rings is 1. The van der Waals surface area contributed by atoms with Gasteiger partial charge in [-0.1, -0.05) is 41.4 Å². The number of aromatic nitrogens is 2. The minimum Gasteiger partial charge on any atom is -0.237 e. The fraction of sp³-hybridized carbons (Fsp3) is 0.286. The summed E-state index contributed by atoms with van der Waals surface area (Å²) in [6.45, 7) is 4.20. The largest absolute Gasteiger partial charge is 0.237 e. The molecule has 1 heterocycles. The summed E-state index contributed by atoms with van der Waals surface area (Å²) in [6, 6.07) is 10.0. The maximum atomic E-state index is 6.03. The van der Waals surface area contributed by atoms with Gasteiger partial charge in [-0.15, -0.1) is 11.8 Å². The third-order valence-corrected chi connectivity index (χ3v) is 4.26. The van der Waals surface area contributed by atoms with Crippen LogP contribution in [-0.4, -0.2) is 9.97 Å². The van der Waals surface area contributed by atoms with Crippen LogP contribution >= 0.6 is 39.3 Å². The highest BCUT2D eigenvalue weighted by Gasteiger charge is 2.07. The van der Waals surface area contributed by atoms with Gasteiger partial charge < -0.3 is 0 Å². The summed E-state index contributed by atoms with van der Waals surface area (Å²) in [5, 5.41) is 0.519. The molecular formula is C14H14BrClN2S. The first-order valence-corrected chi connectivity index (χ1v) is 8.12. The van der Waals surface area contributed by atoms with Crippen LogP contribution in [0.2, 0.25) is 5.15 Å². The molecule has 0 aliphatic carbocycles. The molecule has 1 aromatic heterocycles. The lowest BCUT2D eigenvalue weighted by Crippen LogP contribution is -2.00. The fourth-order valence-corrected chi connectivity index (χ4v) is 2.75. The van der Waals surface area contributed by atoms with Gasteiger partial charge in [0, 0.05) is 15.1 Å². The Morgan fingerprint density at radius 1 is 1.21 bits per heavy atom. The number of thioether (sulfide) groups is 1. The summed E-state index contributed by atoms with van der Waals surface area (Å²) in [4.78, 5) is 10.0. The smallest absolute Gasteiger partial charge is 0.140 e. The van der Waals surface area contributed by atoms with Gasteiger partial charge in [0.2, 0.25) is 0 Å². The molecule has 2 aromatic rings. The zero-order valence-corrected chi connectivity index (χ0v) is 13.9. The molecule has 19 heavy (non-hydrogen) atoms. The van der Waals surface area contributed by atoms with Crippen LogP contribution in [0, 0.1) is 0 Å². The topological polar surface area (TPSA) is 25.8 Å². The molecule has 2 nitrogen and oxygen atoms in total. The Balaban J connectivity index is 2.08. The molecule has 0 aliphatic heterocycles. The van der Waals surface area contributed by atoms with Gasteiger partial charge in [0.1, 0.15) is 11.0 Å². The van der Waals surface area contributed by atoms with Crippen molar-refractivity contribution < 1.29 is 0 Å². The van der Waals surface area contributed by atoms with Crippen LogP contribution in [-0.2, 0) is 5.75 Å². The number of hydrogen-bond donors (Lipinski definition) is 0. The Bertz CT molecular complexity index is 558. The summed E-state index contributed by atoms with van der Waals surface area (Å²) in [6.07, 6.45) is 0. The zero-order valence-electron chi connectivity index (χ0n) is 10.7. The Labute approximate surface area is 131 Å². The van der Waals surface area contributed by atoms with E-state index in [0.717, 1.165) is 21.7 Å². The van der Waals surface area contributed by atoms with Crippen LogP contribution in [0.1, 0.15) is 31.3 Å². The summed E-state index contributed by atoms with van der Waals surface area (Å²) in [5.74, 6) is 1.86. The van der Waals surface area contributed by atoms with Gasteiger partial charge in [-0.3, -0.25) is 0 Å². The highest BCUT2D eigenvalue weighted by Crippen LogP contribution is 2.24. The number of nitrogens with zero attached hydrogens (tertiary/aromatic N) is 2. The molecule has 0 N–H and O–H groups in total. The average Bonchev–Trinajstić information content (AvgIpc) is 2.37. The first-order valence-electron chi connectivity index (χ1n) is 5.96. The predicted molar refractivity (Wildman–Crippen MR) is 84.8 cm³/mol. The molecule has 2 rings (SSSR count). The second kappa shape index (κ2) is 6.73. The SMILES string of the molecule is CC(C)c1cc(Cl)nc(CSc2ccc(Br)cc2)n1. The summed E-state index contributed by atoms with van der Waals surface area (Å²) < 4.78 is 1.08. The molecule has 0 saturated heterocycles. The third kappa shape index (κ3) is 4.48. The molecule has 0 fully saturated rings. The van der Waals surface area contributed by atoms with Gasteiger partial charge in [0.25, 0.3) is 0 Å². The molecule has 0 saturated carbocycles. The van der Waals surface area contributed by atoms with Crippen molar-refractivity contribution in [1.82, 2.24) is 9.97 Å². The highest BCUT2D eigenvalue weighted by molar-refractivity contribution is 9.10. The van der Waals surface area contributed by atoms with E-state index in [1.165, 1.54) is 4.90 Å². The first kappa shape index (κ1) is 14.8. The Kier molecular flexibility index (Phi) is 5.25. The van der Waals surface area contributed by atoms with Gasteiger partial charge in [-0.2, -0.15) is 0 Å². The van der Waals surface area contributed by atoms with Crippen LogP contribution in [0.15, 0.2) is 39.7 Å². The molecule has 1 aromatic carbocycles. The molecule has 0 spiro atoms. The van der Waals surface area contributed by atoms with E-state index in [4.69, 9.17) is 11.6 Å². The van der Waals surface area contributed by atoms with Crippen molar-refractivity contribution in [1.29, 1.82) is 0 Å². The molecular weight excluding hydrogens is 344 g/mol. The number of halogens is 2. The lowest BCUT2D eigenvalue weighted by Gasteiger charge is -2.07. The minimum atomic E-state index is 0.358. The van der Waals surface area contributed by atoms with Crippen molar-refractivity contribution in [2.75, 3.05) is 0 Å². The van der Waals surface area contributed by atoms with E-state index in [9.17, 15) is 0 Å². The van der Waals surface area contributed by atoms with Crippen LogP contribution in [0.3, 0.4) is 0 Å². The lowest BCUT2D eigenvalue weighted by molar-refractivity contribution is 0.799. The standard InChI is InChI=1S/C14H14BrClN2S/c1-9(2)12-7-13(16)18-14(17-12)8-19-11-5-3-10(15)4-6-11/h3-7,9H,8H2,1-2H3.